The zero-order valence-electron chi connectivity index (χ0n) is 15.6. The van der Waals surface area contributed by atoms with Crippen LogP contribution in [0.2, 0.25) is 0 Å². The molecule has 0 bridgehead atoms. The molecule has 2 aromatic carbocycles. The van der Waals surface area contributed by atoms with Gasteiger partial charge in [-0.1, -0.05) is 12.1 Å². The van der Waals surface area contributed by atoms with Crippen LogP contribution in [0, 0.1) is 5.82 Å². The van der Waals surface area contributed by atoms with Crippen molar-refractivity contribution in [3.8, 4) is 5.75 Å². The van der Waals surface area contributed by atoms with E-state index in [1.54, 1.807) is 24.3 Å². The van der Waals surface area contributed by atoms with Crippen LogP contribution in [0.4, 0.5) is 14.9 Å². The molecule has 1 heterocycles. The minimum atomic E-state index is -1.14. The number of carbonyl (C=O) groups is 3. The number of carbonyl (C=O) groups excluding carboxylic acids is 2. The molecule has 0 spiro atoms. The van der Waals surface area contributed by atoms with Crippen LogP contribution in [0.3, 0.4) is 0 Å². The maximum Gasteiger partial charge on any atom is 0.323 e. The molecule has 1 aliphatic heterocycles. The molecular formula is C20H20FN3O5. The lowest BCUT2D eigenvalue weighted by molar-refractivity contribution is -0.143. The number of halogens is 1. The normalized spacial score (nSPS) is 18.4. The first-order chi connectivity index (χ1) is 13.9. The molecule has 0 aliphatic carbocycles. The van der Waals surface area contributed by atoms with E-state index < -0.39 is 42.2 Å². The summed E-state index contributed by atoms with van der Waals surface area (Å²) in [6, 6.07) is 10.6. The van der Waals surface area contributed by atoms with Gasteiger partial charge in [0.1, 0.15) is 24.2 Å². The summed E-state index contributed by atoms with van der Waals surface area (Å²) < 4.78 is 18.1. The van der Waals surface area contributed by atoms with E-state index in [1.807, 2.05) is 0 Å². The number of rotatable bonds is 6. The standard InChI is InChI=1S/C20H20FN3O5/c1-29-15-8-2-12(3-9-15)16-10-24(11-17(25)26)19(27)18(16)23-20(28)22-14-6-4-13(21)5-7-14/h2-9,16,18H,10-11H2,1H3,(H,25,26)(H2,22,23,28). The Labute approximate surface area is 166 Å². The van der Waals surface area contributed by atoms with Crippen molar-refractivity contribution < 1.29 is 28.6 Å². The quantitative estimate of drug-likeness (QED) is 0.687. The average molecular weight is 401 g/mol. The predicted molar refractivity (Wildman–Crippen MR) is 102 cm³/mol. The number of ether oxygens (including phenoxy) is 1. The highest BCUT2D eigenvalue weighted by Crippen LogP contribution is 2.30. The smallest absolute Gasteiger partial charge is 0.323 e. The lowest BCUT2D eigenvalue weighted by Gasteiger charge is -2.19. The van der Waals surface area contributed by atoms with Gasteiger partial charge in [0.05, 0.1) is 7.11 Å². The molecule has 29 heavy (non-hydrogen) atoms. The number of likely N-dealkylation sites (tertiary alicyclic amines) is 1. The Morgan fingerprint density at radius 2 is 1.83 bits per heavy atom. The van der Waals surface area contributed by atoms with Crippen molar-refractivity contribution in [1.29, 1.82) is 0 Å². The minimum absolute atomic E-state index is 0.152. The number of carboxylic acids is 1. The zero-order chi connectivity index (χ0) is 21.0. The molecule has 2 unspecified atom stereocenters. The van der Waals surface area contributed by atoms with Crippen molar-refractivity contribution in [2.45, 2.75) is 12.0 Å². The fourth-order valence-electron chi connectivity index (χ4n) is 3.26. The van der Waals surface area contributed by atoms with E-state index in [0.29, 0.717) is 11.4 Å². The number of benzene rings is 2. The first-order valence-corrected chi connectivity index (χ1v) is 8.85. The van der Waals surface area contributed by atoms with Crippen molar-refractivity contribution in [1.82, 2.24) is 10.2 Å². The summed E-state index contributed by atoms with van der Waals surface area (Å²) in [5.41, 5.74) is 1.12. The molecule has 0 saturated carbocycles. The molecular weight excluding hydrogens is 381 g/mol. The molecule has 0 radical (unpaired) electrons. The maximum absolute atomic E-state index is 13.0. The number of carboxylic acid groups (broad SMARTS) is 1. The Hall–Kier alpha value is -3.62. The number of hydrogen-bond acceptors (Lipinski definition) is 4. The van der Waals surface area contributed by atoms with Gasteiger partial charge in [-0.25, -0.2) is 9.18 Å². The molecule has 3 N–H and O–H groups in total. The Balaban J connectivity index is 1.78. The van der Waals surface area contributed by atoms with Crippen LogP contribution in [-0.2, 0) is 9.59 Å². The Morgan fingerprint density at radius 1 is 1.17 bits per heavy atom. The Kier molecular flexibility index (Phi) is 5.96. The number of anilines is 1. The molecule has 0 aromatic heterocycles. The van der Waals surface area contributed by atoms with Crippen molar-refractivity contribution in [2.24, 2.45) is 0 Å². The van der Waals surface area contributed by atoms with Crippen LogP contribution in [0.1, 0.15) is 11.5 Å². The van der Waals surface area contributed by atoms with E-state index in [0.717, 1.165) is 5.56 Å². The lowest BCUT2D eigenvalue weighted by atomic mass is 9.94. The molecule has 8 nitrogen and oxygen atoms in total. The van der Waals surface area contributed by atoms with Crippen molar-refractivity contribution in [3.63, 3.8) is 0 Å². The van der Waals surface area contributed by atoms with E-state index in [-0.39, 0.29) is 6.54 Å². The largest absolute Gasteiger partial charge is 0.497 e. The van der Waals surface area contributed by atoms with Gasteiger partial charge in [0.25, 0.3) is 0 Å². The van der Waals surface area contributed by atoms with Gasteiger partial charge in [0, 0.05) is 18.2 Å². The van der Waals surface area contributed by atoms with E-state index in [9.17, 15) is 18.8 Å². The molecule has 3 rings (SSSR count). The van der Waals surface area contributed by atoms with E-state index in [1.165, 1.54) is 36.3 Å². The van der Waals surface area contributed by atoms with Crippen molar-refractivity contribution in [2.75, 3.05) is 25.5 Å². The van der Waals surface area contributed by atoms with E-state index in [4.69, 9.17) is 9.84 Å². The second kappa shape index (κ2) is 8.59. The fraction of sp³-hybridized carbons (Fsp3) is 0.250. The first-order valence-electron chi connectivity index (χ1n) is 8.85. The predicted octanol–water partition coefficient (Wildman–Crippen LogP) is 2.03. The van der Waals surface area contributed by atoms with Crippen molar-refractivity contribution >= 4 is 23.6 Å². The monoisotopic (exact) mass is 401 g/mol. The van der Waals surface area contributed by atoms with Gasteiger partial charge >= 0.3 is 12.0 Å². The average Bonchev–Trinajstić information content (AvgIpc) is 2.99. The summed E-state index contributed by atoms with van der Waals surface area (Å²) >= 11 is 0. The minimum Gasteiger partial charge on any atom is -0.497 e. The molecule has 1 fully saturated rings. The molecule has 9 heteroatoms. The van der Waals surface area contributed by atoms with Gasteiger partial charge in [-0.15, -0.1) is 0 Å². The molecule has 152 valence electrons. The first kappa shape index (κ1) is 20.1. The van der Waals surface area contributed by atoms with Gasteiger partial charge in [-0.05, 0) is 42.0 Å². The number of hydrogen-bond donors (Lipinski definition) is 3. The third kappa shape index (κ3) is 4.81. The van der Waals surface area contributed by atoms with Crippen LogP contribution in [-0.4, -0.2) is 54.2 Å². The maximum atomic E-state index is 13.0. The van der Waals surface area contributed by atoms with Gasteiger partial charge in [-0.2, -0.15) is 0 Å². The van der Waals surface area contributed by atoms with Crippen molar-refractivity contribution in [3.05, 3.63) is 59.9 Å². The molecule has 2 atom stereocenters. The van der Waals surface area contributed by atoms with Gasteiger partial charge < -0.3 is 25.4 Å². The number of nitrogens with zero attached hydrogens (tertiary/aromatic N) is 1. The lowest BCUT2D eigenvalue weighted by Crippen LogP contribution is -2.45. The van der Waals surface area contributed by atoms with Crippen LogP contribution in [0.5, 0.6) is 5.75 Å². The van der Waals surface area contributed by atoms with Gasteiger partial charge in [0.15, 0.2) is 0 Å². The molecule has 1 saturated heterocycles. The summed E-state index contributed by atoms with van der Waals surface area (Å²) in [6.45, 7) is -0.303. The highest BCUT2D eigenvalue weighted by molar-refractivity contribution is 5.96. The third-order valence-corrected chi connectivity index (χ3v) is 4.66. The van der Waals surface area contributed by atoms with Crippen LogP contribution >= 0.6 is 0 Å². The number of aliphatic carboxylic acids is 1. The fourth-order valence-corrected chi connectivity index (χ4v) is 3.26. The Bertz CT molecular complexity index is 901. The topological polar surface area (TPSA) is 108 Å². The number of methoxy groups -OCH3 is 1. The third-order valence-electron chi connectivity index (χ3n) is 4.66. The number of amides is 3. The van der Waals surface area contributed by atoms with E-state index >= 15 is 0 Å². The van der Waals surface area contributed by atoms with Gasteiger partial charge in [-0.3, -0.25) is 9.59 Å². The zero-order valence-corrected chi connectivity index (χ0v) is 15.6. The van der Waals surface area contributed by atoms with Gasteiger partial charge in [0.2, 0.25) is 5.91 Å². The molecule has 1 aliphatic rings. The number of urea groups is 1. The van der Waals surface area contributed by atoms with Crippen LogP contribution < -0.4 is 15.4 Å². The SMILES string of the molecule is COc1ccc(C2CN(CC(=O)O)C(=O)C2NC(=O)Nc2ccc(F)cc2)cc1. The molecule has 3 amide bonds. The summed E-state index contributed by atoms with van der Waals surface area (Å²) in [4.78, 5) is 37.4. The van der Waals surface area contributed by atoms with E-state index in [2.05, 4.69) is 10.6 Å². The number of nitrogens with one attached hydrogen (secondary N) is 2. The summed E-state index contributed by atoms with van der Waals surface area (Å²) in [5.74, 6) is -1.86. The van der Waals surface area contributed by atoms with Crippen LogP contribution in [0.15, 0.2) is 48.5 Å². The summed E-state index contributed by atoms with van der Waals surface area (Å²) in [6.07, 6.45) is 0. The highest BCUT2D eigenvalue weighted by Gasteiger charge is 2.42. The molecule has 2 aromatic rings. The second-order valence-corrected chi connectivity index (χ2v) is 6.58. The summed E-state index contributed by atoms with van der Waals surface area (Å²) in [7, 11) is 1.53. The summed E-state index contributed by atoms with van der Waals surface area (Å²) in [5, 5.41) is 14.2. The highest BCUT2D eigenvalue weighted by atomic mass is 19.1. The Morgan fingerprint density at radius 3 is 2.41 bits per heavy atom. The van der Waals surface area contributed by atoms with Crippen LogP contribution in [0.25, 0.3) is 0 Å². The second-order valence-electron chi connectivity index (χ2n) is 6.58.